The van der Waals surface area contributed by atoms with E-state index in [1.165, 1.54) is 30.5 Å². The normalized spacial score (nSPS) is 9.68. The molecule has 1 N–H and O–H groups in total. The minimum absolute atomic E-state index is 0.112. The van der Waals surface area contributed by atoms with E-state index in [1.54, 1.807) is 18.3 Å². The maximum Gasteiger partial charge on any atom is 0.417 e. The minimum Gasteiger partial charge on any atom is -0.408 e. The summed E-state index contributed by atoms with van der Waals surface area (Å²) in [7, 11) is 0. The second-order valence-corrected chi connectivity index (χ2v) is 3.51. The minimum atomic E-state index is -0.742. The Morgan fingerprint density at radius 2 is 2.16 bits per heavy atom. The number of hydrogen-bond acceptors (Lipinski definition) is 5. The van der Waals surface area contributed by atoms with Crippen LogP contribution in [0, 0.1) is 10.1 Å². The average Bonchev–Trinajstić information content (AvgIpc) is 2.40. The standard InChI is InChI=1S/C12H9N3O4/c16-12(19-11-5-2-6-13-8-11)14-9-3-1-4-10(7-9)15(17)18/h1-8H,(H,14,16). The van der Waals surface area contributed by atoms with Gasteiger partial charge >= 0.3 is 6.09 Å². The second kappa shape index (κ2) is 5.58. The Hall–Kier alpha value is -2.96. The number of nitro benzene ring substituents is 1. The van der Waals surface area contributed by atoms with E-state index in [9.17, 15) is 14.9 Å². The van der Waals surface area contributed by atoms with Crippen LogP contribution in [0.2, 0.25) is 0 Å². The summed E-state index contributed by atoms with van der Waals surface area (Å²) >= 11 is 0. The van der Waals surface area contributed by atoms with Gasteiger partial charge in [-0.1, -0.05) is 6.07 Å². The number of nitro groups is 1. The zero-order valence-electron chi connectivity index (χ0n) is 9.65. The third-order valence-corrected chi connectivity index (χ3v) is 2.15. The van der Waals surface area contributed by atoms with Crippen molar-refractivity contribution in [2.24, 2.45) is 0 Å². The number of anilines is 1. The first-order valence-corrected chi connectivity index (χ1v) is 5.28. The van der Waals surface area contributed by atoms with Gasteiger partial charge in [-0.25, -0.2) is 4.79 Å². The molecular weight excluding hydrogens is 250 g/mol. The zero-order chi connectivity index (χ0) is 13.7. The number of nitrogens with zero attached hydrogens (tertiary/aromatic N) is 2. The molecule has 7 nitrogen and oxygen atoms in total. The molecule has 0 aliphatic rings. The third-order valence-electron chi connectivity index (χ3n) is 2.15. The molecule has 2 rings (SSSR count). The van der Waals surface area contributed by atoms with Gasteiger partial charge in [0.15, 0.2) is 5.75 Å². The number of amides is 1. The Kier molecular flexibility index (Phi) is 3.67. The summed E-state index contributed by atoms with van der Waals surface area (Å²) in [6.45, 7) is 0. The number of pyridine rings is 1. The molecule has 0 unspecified atom stereocenters. The highest BCUT2D eigenvalue weighted by atomic mass is 16.6. The third kappa shape index (κ3) is 3.50. The van der Waals surface area contributed by atoms with Crippen molar-refractivity contribution in [2.45, 2.75) is 0 Å². The first kappa shape index (κ1) is 12.5. The maximum absolute atomic E-state index is 11.5. The number of benzene rings is 1. The summed E-state index contributed by atoms with van der Waals surface area (Å²) in [5.41, 5.74) is 0.169. The van der Waals surface area contributed by atoms with Crippen molar-refractivity contribution in [3.05, 3.63) is 58.9 Å². The zero-order valence-corrected chi connectivity index (χ0v) is 9.65. The molecular formula is C12H9N3O4. The molecule has 1 heterocycles. The van der Waals surface area contributed by atoms with Crippen LogP contribution in [0.5, 0.6) is 5.75 Å². The molecule has 2 aromatic rings. The monoisotopic (exact) mass is 259 g/mol. The Labute approximate surface area is 108 Å². The Balaban J connectivity index is 2.03. The van der Waals surface area contributed by atoms with Gasteiger partial charge in [0.25, 0.3) is 5.69 Å². The van der Waals surface area contributed by atoms with Gasteiger partial charge in [-0.2, -0.15) is 0 Å². The maximum atomic E-state index is 11.5. The highest BCUT2D eigenvalue weighted by Gasteiger charge is 2.09. The van der Waals surface area contributed by atoms with Gasteiger partial charge < -0.3 is 4.74 Å². The number of rotatable bonds is 3. The number of nitrogens with one attached hydrogen (secondary N) is 1. The van der Waals surface area contributed by atoms with Crippen LogP contribution in [0.25, 0.3) is 0 Å². The summed E-state index contributed by atoms with van der Waals surface area (Å²) in [4.78, 5) is 25.4. The first-order chi connectivity index (χ1) is 9.15. The fraction of sp³-hybridized carbons (Fsp3) is 0. The number of hydrogen-bond donors (Lipinski definition) is 1. The van der Waals surface area contributed by atoms with E-state index in [0.29, 0.717) is 0 Å². The summed E-state index contributed by atoms with van der Waals surface area (Å²) in [5, 5.41) is 13.0. The quantitative estimate of drug-likeness (QED) is 0.675. The molecule has 7 heteroatoms. The molecule has 0 bridgehead atoms. The van der Waals surface area contributed by atoms with Crippen molar-refractivity contribution < 1.29 is 14.5 Å². The molecule has 0 fully saturated rings. The number of aromatic nitrogens is 1. The Morgan fingerprint density at radius 3 is 2.84 bits per heavy atom. The summed E-state index contributed by atoms with van der Waals surface area (Å²) in [5.74, 6) is 0.283. The van der Waals surface area contributed by atoms with Crippen LogP contribution in [0.4, 0.5) is 16.2 Å². The van der Waals surface area contributed by atoms with E-state index >= 15 is 0 Å². The van der Waals surface area contributed by atoms with Crippen LogP contribution in [-0.4, -0.2) is 16.0 Å². The van der Waals surface area contributed by atoms with Crippen LogP contribution in [0.3, 0.4) is 0 Å². The van der Waals surface area contributed by atoms with Crippen molar-refractivity contribution in [3.8, 4) is 5.75 Å². The van der Waals surface area contributed by atoms with Crippen molar-refractivity contribution in [1.29, 1.82) is 0 Å². The lowest BCUT2D eigenvalue weighted by Gasteiger charge is -2.05. The largest absolute Gasteiger partial charge is 0.417 e. The molecule has 0 radical (unpaired) electrons. The van der Waals surface area contributed by atoms with Gasteiger partial charge in [0.2, 0.25) is 0 Å². The average molecular weight is 259 g/mol. The molecule has 1 aromatic carbocycles. The molecule has 0 aliphatic carbocycles. The van der Waals surface area contributed by atoms with Gasteiger partial charge in [-0.05, 0) is 18.2 Å². The highest BCUT2D eigenvalue weighted by Crippen LogP contribution is 2.17. The van der Waals surface area contributed by atoms with Crippen molar-refractivity contribution in [2.75, 3.05) is 5.32 Å². The summed E-state index contributed by atoms with van der Waals surface area (Å²) < 4.78 is 4.94. The molecule has 19 heavy (non-hydrogen) atoms. The van der Waals surface area contributed by atoms with E-state index < -0.39 is 11.0 Å². The van der Waals surface area contributed by atoms with E-state index in [1.807, 2.05) is 0 Å². The predicted octanol–water partition coefficient (Wildman–Crippen LogP) is 2.60. The smallest absolute Gasteiger partial charge is 0.408 e. The lowest BCUT2D eigenvalue weighted by molar-refractivity contribution is -0.384. The molecule has 0 aliphatic heterocycles. The van der Waals surface area contributed by atoms with Gasteiger partial charge in [-0.3, -0.25) is 20.4 Å². The molecule has 0 saturated heterocycles. The topological polar surface area (TPSA) is 94.4 Å². The summed E-state index contributed by atoms with van der Waals surface area (Å²) in [6.07, 6.45) is 2.19. The van der Waals surface area contributed by atoms with E-state index in [4.69, 9.17) is 4.74 Å². The van der Waals surface area contributed by atoms with Crippen molar-refractivity contribution in [1.82, 2.24) is 4.98 Å². The van der Waals surface area contributed by atoms with Crippen LogP contribution < -0.4 is 10.1 Å². The number of carbonyl (C=O) groups excluding carboxylic acids is 1. The van der Waals surface area contributed by atoms with Crippen LogP contribution in [-0.2, 0) is 0 Å². The number of carbonyl (C=O) groups is 1. The molecule has 1 amide bonds. The van der Waals surface area contributed by atoms with Gasteiger partial charge in [0, 0.05) is 18.3 Å². The molecule has 0 spiro atoms. The second-order valence-electron chi connectivity index (χ2n) is 3.51. The van der Waals surface area contributed by atoms with Gasteiger partial charge in [0.1, 0.15) is 0 Å². The van der Waals surface area contributed by atoms with Crippen LogP contribution in [0.1, 0.15) is 0 Å². The van der Waals surface area contributed by atoms with Gasteiger partial charge in [-0.15, -0.1) is 0 Å². The fourth-order valence-corrected chi connectivity index (χ4v) is 1.36. The molecule has 0 saturated carbocycles. The Morgan fingerprint density at radius 1 is 1.32 bits per heavy atom. The van der Waals surface area contributed by atoms with E-state index in [2.05, 4.69) is 10.3 Å². The number of non-ortho nitro benzene ring substituents is 1. The fourth-order valence-electron chi connectivity index (χ4n) is 1.36. The Bertz CT molecular complexity index is 601. The van der Waals surface area contributed by atoms with Crippen molar-refractivity contribution >= 4 is 17.5 Å². The van der Waals surface area contributed by atoms with E-state index in [-0.39, 0.29) is 17.1 Å². The lowest BCUT2D eigenvalue weighted by atomic mass is 10.3. The van der Waals surface area contributed by atoms with Gasteiger partial charge in [0.05, 0.1) is 16.8 Å². The SMILES string of the molecule is O=C(Nc1cccc([N+](=O)[O-])c1)Oc1cccnc1. The van der Waals surface area contributed by atoms with E-state index in [0.717, 1.165) is 0 Å². The van der Waals surface area contributed by atoms with Crippen LogP contribution >= 0.6 is 0 Å². The predicted molar refractivity (Wildman–Crippen MR) is 67.0 cm³/mol. The van der Waals surface area contributed by atoms with Crippen LogP contribution in [0.15, 0.2) is 48.8 Å². The molecule has 96 valence electrons. The summed E-state index contributed by atoms with van der Waals surface area (Å²) in [6, 6.07) is 8.76. The lowest BCUT2D eigenvalue weighted by Crippen LogP contribution is -2.16. The molecule has 0 atom stereocenters. The molecule has 1 aromatic heterocycles. The van der Waals surface area contributed by atoms with Crippen molar-refractivity contribution in [3.63, 3.8) is 0 Å². The highest BCUT2D eigenvalue weighted by molar-refractivity contribution is 5.86. The first-order valence-electron chi connectivity index (χ1n) is 5.28. The number of ether oxygens (including phenoxy) is 1.